The molecule has 0 bridgehead atoms. The van der Waals surface area contributed by atoms with Crippen LogP contribution in [0.15, 0.2) is 34.7 Å². The Labute approximate surface area is 171 Å². The van der Waals surface area contributed by atoms with Crippen LogP contribution >= 0.6 is 34.7 Å². The maximum Gasteiger partial charge on any atom is 0.211 e. The second-order valence-electron chi connectivity index (χ2n) is 6.62. The average molecular weight is 422 g/mol. The van der Waals surface area contributed by atoms with E-state index < -0.39 is 0 Å². The summed E-state index contributed by atoms with van der Waals surface area (Å²) in [4.78, 5) is 4.90. The van der Waals surface area contributed by atoms with Crippen molar-refractivity contribution in [3.63, 3.8) is 0 Å². The summed E-state index contributed by atoms with van der Waals surface area (Å²) in [5, 5.41) is 6.43. The predicted octanol–water partition coefficient (Wildman–Crippen LogP) is 5.24. The highest BCUT2D eigenvalue weighted by atomic mass is 35.5. The Hall–Kier alpha value is -1.54. The smallest absolute Gasteiger partial charge is 0.211 e. The molecular formula is C19H20ClN3O2S2. The predicted molar refractivity (Wildman–Crippen MR) is 111 cm³/mol. The fraction of sp³-hybridized carbons (Fsp3) is 0.368. The van der Waals surface area contributed by atoms with Crippen LogP contribution < -0.4 is 4.74 Å². The number of thioether (sulfide) groups is 1. The van der Waals surface area contributed by atoms with Gasteiger partial charge in [-0.1, -0.05) is 36.8 Å². The highest BCUT2D eigenvalue weighted by molar-refractivity contribution is 8.01. The fourth-order valence-electron chi connectivity index (χ4n) is 2.63. The number of aromatic nitrogens is 3. The highest BCUT2D eigenvalue weighted by Crippen LogP contribution is 2.43. The van der Waals surface area contributed by atoms with E-state index >= 15 is 0 Å². The molecule has 1 aromatic carbocycles. The van der Waals surface area contributed by atoms with Crippen LogP contribution in [0.5, 0.6) is 5.75 Å². The summed E-state index contributed by atoms with van der Waals surface area (Å²) in [5.41, 5.74) is 2.82. The van der Waals surface area contributed by atoms with Gasteiger partial charge < -0.3 is 9.47 Å². The van der Waals surface area contributed by atoms with Crippen molar-refractivity contribution in [3.05, 3.63) is 41.2 Å². The first-order chi connectivity index (χ1) is 13.0. The van der Waals surface area contributed by atoms with E-state index in [1.54, 1.807) is 23.1 Å². The molecule has 0 N–H and O–H groups in total. The number of thiazole rings is 1. The minimum absolute atomic E-state index is 0.0651. The summed E-state index contributed by atoms with van der Waals surface area (Å²) in [6, 6.07) is 7.69. The van der Waals surface area contributed by atoms with Crippen LogP contribution in [0.1, 0.15) is 19.5 Å². The SMILES string of the molecule is Cc1ccn(-c2nc(-c3ccc(Cl)cc3OC3COC3)c(SC(C)C)s2)n1. The summed E-state index contributed by atoms with van der Waals surface area (Å²) in [6.45, 7) is 7.54. The molecule has 0 saturated carbocycles. The van der Waals surface area contributed by atoms with E-state index in [-0.39, 0.29) is 6.10 Å². The van der Waals surface area contributed by atoms with Gasteiger partial charge in [0.1, 0.15) is 17.5 Å². The molecule has 8 heteroatoms. The monoisotopic (exact) mass is 421 g/mol. The third kappa shape index (κ3) is 4.16. The first kappa shape index (κ1) is 18.8. The highest BCUT2D eigenvalue weighted by Gasteiger charge is 2.24. The minimum atomic E-state index is 0.0651. The number of aryl methyl sites for hydroxylation is 1. The zero-order valence-corrected chi connectivity index (χ0v) is 17.7. The lowest BCUT2D eigenvalue weighted by Gasteiger charge is -2.27. The number of nitrogens with zero attached hydrogens (tertiary/aromatic N) is 3. The molecule has 142 valence electrons. The summed E-state index contributed by atoms with van der Waals surface area (Å²) in [6.07, 6.45) is 2.00. The normalized spacial score (nSPS) is 14.6. The molecule has 5 nitrogen and oxygen atoms in total. The Bertz CT molecular complexity index is 950. The maximum atomic E-state index is 6.23. The lowest BCUT2D eigenvalue weighted by molar-refractivity contribution is -0.0794. The van der Waals surface area contributed by atoms with Crippen molar-refractivity contribution < 1.29 is 9.47 Å². The van der Waals surface area contributed by atoms with Gasteiger partial charge in [0.05, 0.1) is 23.1 Å². The zero-order valence-electron chi connectivity index (χ0n) is 15.3. The van der Waals surface area contributed by atoms with Crippen LogP contribution in [0.4, 0.5) is 0 Å². The minimum Gasteiger partial charge on any atom is -0.485 e. The lowest BCUT2D eigenvalue weighted by atomic mass is 10.1. The Morgan fingerprint density at radius 1 is 1.33 bits per heavy atom. The molecule has 1 fully saturated rings. The van der Waals surface area contributed by atoms with E-state index in [1.807, 2.05) is 42.1 Å². The van der Waals surface area contributed by atoms with Gasteiger partial charge in [0.25, 0.3) is 0 Å². The van der Waals surface area contributed by atoms with Crippen LogP contribution in [0.2, 0.25) is 5.02 Å². The van der Waals surface area contributed by atoms with Gasteiger partial charge in [0, 0.05) is 22.0 Å². The molecule has 1 aliphatic heterocycles. The molecule has 0 aliphatic carbocycles. The number of rotatable bonds is 6. The van der Waals surface area contributed by atoms with Gasteiger partial charge in [0.15, 0.2) is 0 Å². The number of benzene rings is 1. The van der Waals surface area contributed by atoms with Gasteiger partial charge in [0.2, 0.25) is 5.13 Å². The number of halogens is 1. The topological polar surface area (TPSA) is 49.2 Å². The molecule has 0 radical (unpaired) electrons. The fourth-order valence-corrected chi connectivity index (χ4v) is 5.23. The van der Waals surface area contributed by atoms with Gasteiger partial charge in [-0.15, -0.1) is 11.8 Å². The second kappa shape index (κ2) is 7.83. The van der Waals surface area contributed by atoms with E-state index in [2.05, 4.69) is 18.9 Å². The van der Waals surface area contributed by atoms with Crippen molar-refractivity contribution in [1.82, 2.24) is 14.8 Å². The molecule has 0 atom stereocenters. The second-order valence-corrected chi connectivity index (χ2v) is 9.88. The van der Waals surface area contributed by atoms with E-state index in [0.717, 1.165) is 32.0 Å². The number of ether oxygens (including phenoxy) is 2. The van der Waals surface area contributed by atoms with Crippen LogP contribution in [0.3, 0.4) is 0 Å². The summed E-state index contributed by atoms with van der Waals surface area (Å²) < 4.78 is 14.3. The van der Waals surface area contributed by atoms with Gasteiger partial charge in [-0.25, -0.2) is 9.67 Å². The average Bonchev–Trinajstić information content (AvgIpc) is 3.17. The van der Waals surface area contributed by atoms with E-state index in [4.69, 9.17) is 26.1 Å². The van der Waals surface area contributed by atoms with E-state index in [9.17, 15) is 0 Å². The summed E-state index contributed by atoms with van der Waals surface area (Å²) >= 11 is 9.66. The third-order valence-corrected chi connectivity index (χ3v) is 6.44. The first-order valence-corrected chi connectivity index (χ1v) is 10.8. The van der Waals surface area contributed by atoms with Gasteiger partial charge >= 0.3 is 0 Å². The third-order valence-electron chi connectivity index (χ3n) is 3.95. The Kier molecular flexibility index (Phi) is 5.45. The van der Waals surface area contributed by atoms with Crippen molar-refractivity contribution in [2.24, 2.45) is 0 Å². The molecule has 2 aromatic heterocycles. The van der Waals surface area contributed by atoms with Crippen molar-refractivity contribution in [2.45, 2.75) is 36.3 Å². The first-order valence-electron chi connectivity index (χ1n) is 8.74. The maximum absolute atomic E-state index is 6.23. The van der Waals surface area contributed by atoms with E-state index in [0.29, 0.717) is 23.5 Å². The molecule has 0 amide bonds. The molecular weight excluding hydrogens is 402 g/mol. The van der Waals surface area contributed by atoms with Gasteiger partial charge in [-0.05, 0) is 31.2 Å². The van der Waals surface area contributed by atoms with Crippen molar-refractivity contribution in [1.29, 1.82) is 0 Å². The van der Waals surface area contributed by atoms with Crippen LogP contribution in [-0.2, 0) is 4.74 Å². The lowest BCUT2D eigenvalue weighted by Crippen LogP contribution is -2.38. The van der Waals surface area contributed by atoms with Crippen molar-refractivity contribution in [2.75, 3.05) is 13.2 Å². The van der Waals surface area contributed by atoms with E-state index in [1.165, 1.54) is 0 Å². The summed E-state index contributed by atoms with van der Waals surface area (Å²) in [7, 11) is 0. The number of hydrogen-bond donors (Lipinski definition) is 0. The van der Waals surface area contributed by atoms with Crippen molar-refractivity contribution >= 4 is 34.7 Å². The van der Waals surface area contributed by atoms with Crippen LogP contribution in [0.25, 0.3) is 16.4 Å². The Balaban J connectivity index is 1.78. The zero-order chi connectivity index (χ0) is 19.0. The molecule has 1 aliphatic rings. The largest absolute Gasteiger partial charge is 0.485 e. The molecule has 4 rings (SSSR count). The molecule has 0 spiro atoms. The van der Waals surface area contributed by atoms with Crippen LogP contribution in [-0.4, -0.2) is 39.3 Å². The molecule has 3 aromatic rings. The summed E-state index contributed by atoms with van der Waals surface area (Å²) in [5.74, 6) is 0.745. The quantitative estimate of drug-likeness (QED) is 0.509. The van der Waals surface area contributed by atoms with Gasteiger partial charge in [-0.3, -0.25) is 0 Å². The number of hydrogen-bond acceptors (Lipinski definition) is 6. The molecule has 3 heterocycles. The molecule has 0 unspecified atom stereocenters. The van der Waals surface area contributed by atoms with Crippen LogP contribution in [0, 0.1) is 6.92 Å². The molecule has 27 heavy (non-hydrogen) atoms. The van der Waals surface area contributed by atoms with Gasteiger partial charge in [-0.2, -0.15) is 5.10 Å². The molecule has 1 saturated heterocycles. The Morgan fingerprint density at radius 2 is 2.15 bits per heavy atom. The Morgan fingerprint density at radius 3 is 2.78 bits per heavy atom. The standard InChI is InChI=1S/C19H20ClN3O2S2/c1-11(2)26-18-17(21-19(27-18)23-7-6-12(3)22-23)15-5-4-13(20)8-16(15)25-14-9-24-10-14/h4-8,11,14H,9-10H2,1-3H3. The van der Waals surface area contributed by atoms with Crippen molar-refractivity contribution in [3.8, 4) is 22.1 Å².